The summed E-state index contributed by atoms with van der Waals surface area (Å²) in [4.78, 5) is 15.9. The summed E-state index contributed by atoms with van der Waals surface area (Å²) < 4.78 is 20.5. The van der Waals surface area contributed by atoms with E-state index in [-0.39, 0.29) is 23.5 Å². The number of anilines is 1. The van der Waals surface area contributed by atoms with Crippen LogP contribution in [0.25, 0.3) is 0 Å². The molecular formula is C21H41N3O6Si2. The Morgan fingerprint density at radius 2 is 1.69 bits per heavy atom. The zero-order valence-corrected chi connectivity index (χ0v) is 22.7. The van der Waals surface area contributed by atoms with Crippen LogP contribution in [0.15, 0.2) is 17.1 Å². The van der Waals surface area contributed by atoms with E-state index in [1.54, 1.807) is 0 Å². The smallest absolute Gasteiger partial charge is 0.351 e. The molecule has 184 valence electrons. The fourth-order valence-corrected chi connectivity index (χ4v) is 14.8. The highest BCUT2D eigenvalue weighted by Gasteiger charge is 2.50. The predicted octanol–water partition coefficient (Wildman–Crippen LogP) is 2.28. The van der Waals surface area contributed by atoms with Crippen molar-refractivity contribution in [3.8, 4) is 0 Å². The fraction of sp³-hybridized carbons (Fsp3) is 0.810. The molecule has 1 aromatic rings. The molecule has 9 nitrogen and oxygen atoms in total. The maximum atomic E-state index is 12.2. The molecule has 11 heteroatoms. The van der Waals surface area contributed by atoms with Crippen molar-refractivity contribution in [3.05, 3.63) is 22.7 Å². The highest BCUT2D eigenvalue weighted by Crippen LogP contribution is 2.39. The zero-order chi connectivity index (χ0) is 24.4. The molecule has 2 heterocycles. The van der Waals surface area contributed by atoms with E-state index in [0.29, 0.717) is 11.1 Å². The molecule has 4 N–H and O–H groups in total. The second-order valence-corrected chi connectivity index (χ2v) is 18.6. The van der Waals surface area contributed by atoms with Crippen molar-refractivity contribution >= 4 is 23.4 Å². The van der Waals surface area contributed by atoms with Gasteiger partial charge in [0.15, 0.2) is 15.3 Å². The molecule has 0 aromatic carbocycles. The van der Waals surface area contributed by atoms with Crippen molar-refractivity contribution in [1.82, 2.24) is 9.55 Å². The van der Waals surface area contributed by atoms with Gasteiger partial charge >= 0.3 is 14.3 Å². The molecule has 0 amide bonds. The van der Waals surface area contributed by atoms with E-state index >= 15 is 0 Å². The molecule has 2 rings (SSSR count). The molecule has 32 heavy (non-hydrogen) atoms. The second-order valence-electron chi connectivity index (χ2n) is 10.0. The Labute approximate surface area is 193 Å². The monoisotopic (exact) mass is 487 g/mol. The molecule has 0 spiro atoms. The number of aliphatic hydroxyl groups excluding tert-OH is 2. The first-order valence-corrected chi connectivity index (χ1v) is 15.3. The van der Waals surface area contributed by atoms with Crippen LogP contribution in [0.3, 0.4) is 0 Å². The summed E-state index contributed by atoms with van der Waals surface area (Å²) in [5.74, 6) is 0.0787. The molecule has 4 atom stereocenters. The zero-order valence-electron chi connectivity index (χ0n) is 20.6. The van der Waals surface area contributed by atoms with E-state index in [2.05, 4.69) is 60.4 Å². The first-order valence-electron chi connectivity index (χ1n) is 11.5. The third-order valence-corrected chi connectivity index (χ3v) is 15.2. The van der Waals surface area contributed by atoms with Crippen molar-refractivity contribution in [2.75, 3.05) is 12.3 Å². The number of hydrogen-bond acceptors (Lipinski definition) is 8. The average Bonchev–Trinajstić information content (AvgIpc) is 2.95. The standard InChI is InChI=1S/C21H41N3O6Si2/c1-12(2)31(13(3)4)30-32(14(5)6,15(7)8)28-11-16-18(25)19(26)20(29-16)24-10-9-17(22)23-21(24)27/h9-10,12-16,18-20,25-26,31H,11H2,1-8H3,(H2,22,23,27)/t16-,18?,19-,20-/m1/s1. The van der Waals surface area contributed by atoms with Gasteiger partial charge in [-0.2, -0.15) is 4.98 Å². The highest BCUT2D eigenvalue weighted by atomic mass is 28.4. The topological polar surface area (TPSA) is 129 Å². The molecule has 0 aliphatic carbocycles. The Kier molecular flexibility index (Phi) is 9.25. The fourth-order valence-electron chi connectivity index (χ4n) is 4.49. The molecule has 0 bridgehead atoms. The summed E-state index contributed by atoms with van der Waals surface area (Å²) in [5, 5.41) is 21.2. The molecule has 1 aliphatic rings. The van der Waals surface area contributed by atoms with E-state index < -0.39 is 47.8 Å². The van der Waals surface area contributed by atoms with E-state index in [0.717, 1.165) is 4.57 Å². The van der Waals surface area contributed by atoms with Crippen LogP contribution in [0.4, 0.5) is 5.82 Å². The van der Waals surface area contributed by atoms with Crippen LogP contribution in [-0.2, 0) is 13.3 Å². The van der Waals surface area contributed by atoms with Crippen molar-refractivity contribution in [2.24, 2.45) is 0 Å². The number of nitrogens with two attached hydrogens (primary N) is 1. The summed E-state index contributed by atoms with van der Waals surface area (Å²) in [7, 11) is -4.25. The molecule has 1 fully saturated rings. The Morgan fingerprint density at radius 3 is 2.16 bits per heavy atom. The molecule has 0 radical (unpaired) electrons. The Balaban J connectivity index is 2.24. The summed E-state index contributed by atoms with van der Waals surface area (Å²) >= 11 is 0. The van der Waals surface area contributed by atoms with Gasteiger partial charge < -0.3 is 29.2 Å². The van der Waals surface area contributed by atoms with Gasteiger partial charge in [0.2, 0.25) is 0 Å². The van der Waals surface area contributed by atoms with Crippen LogP contribution in [0.1, 0.15) is 61.6 Å². The quantitative estimate of drug-likeness (QED) is 0.429. The van der Waals surface area contributed by atoms with E-state index in [9.17, 15) is 15.0 Å². The van der Waals surface area contributed by atoms with E-state index in [4.69, 9.17) is 19.0 Å². The van der Waals surface area contributed by atoms with Crippen LogP contribution < -0.4 is 11.4 Å². The number of rotatable bonds is 10. The third kappa shape index (κ3) is 5.69. The molecule has 1 saturated heterocycles. The van der Waals surface area contributed by atoms with Crippen LogP contribution in [0, 0.1) is 0 Å². The van der Waals surface area contributed by atoms with Gasteiger partial charge in [0.1, 0.15) is 24.1 Å². The van der Waals surface area contributed by atoms with Crippen molar-refractivity contribution in [3.63, 3.8) is 0 Å². The number of nitrogen functional groups attached to an aromatic ring is 1. The minimum absolute atomic E-state index is 0.0752. The molecule has 1 aromatic heterocycles. The maximum Gasteiger partial charge on any atom is 0.351 e. The van der Waals surface area contributed by atoms with Gasteiger partial charge in [0.05, 0.1) is 6.61 Å². The van der Waals surface area contributed by atoms with Gasteiger partial charge in [0.25, 0.3) is 0 Å². The Morgan fingerprint density at radius 1 is 1.12 bits per heavy atom. The van der Waals surface area contributed by atoms with E-state index in [1.807, 2.05) is 0 Å². The van der Waals surface area contributed by atoms with Crippen molar-refractivity contribution < 1.29 is 23.5 Å². The predicted molar refractivity (Wildman–Crippen MR) is 129 cm³/mol. The van der Waals surface area contributed by atoms with Crippen molar-refractivity contribution in [1.29, 1.82) is 0 Å². The minimum Gasteiger partial charge on any atom is -0.437 e. The second kappa shape index (κ2) is 10.9. The first kappa shape index (κ1) is 27.2. The largest absolute Gasteiger partial charge is 0.437 e. The van der Waals surface area contributed by atoms with Gasteiger partial charge in [-0.25, -0.2) is 4.79 Å². The summed E-state index contributed by atoms with van der Waals surface area (Å²) in [6.07, 6.45) is -2.97. The first-order chi connectivity index (χ1) is 14.8. The number of nitrogens with zero attached hydrogens (tertiary/aromatic N) is 2. The lowest BCUT2D eigenvalue weighted by Crippen LogP contribution is -2.54. The summed E-state index contributed by atoms with van der Waals surface area (Å²) in [5.41, 5.74) is 6.21. The van der Waals surface area contributed by atoms with Crippen LogP contribution >= 0.6 is 0 Å². The Bertz CT molecular complexity index is 788. The van der Waals surface area contributed by atoms with Crippen LogP contribution in [-0.4, -0.2) is 62.3 Å². The van der Waals surface area contributed by atoms with Gasteiger partial charge in [-0.05, 0) is 28.2 Å². The minimum atomic E-state index is -2.69. The lowest BCUT2D eigenvalue weighted by molar-refractivity contribution is -0.0553. The lowest BCUT2D eigenvalue weighted by Gasteiger charge is -2.43. The summed E-state index contributed by atoms with van der Waals surface area (Å²) in [6.45, 7) is 17.4. The number of aromatic nitrogens is 2. The van der Waals surface area contributed by atoms with Crippen LogP contribution in [0.2, 0.25) is 22.2 Å². The van der Waals surface area contributed by atoms with E-state index in [1.165, 1.54) is 12.3 Å². The summed E-state index contributed by atoms with van der Waals surface area (Å²) in [6, 6.07) is 1.44. The molecular weight excluding hydrogens is 446 g/mol. The average molecular weight is 488 g/mol. The maximum absolute atomic E-state index is 12.2. The number of hydrogen-bond donors (Lipinski definition) is 3. The van der Waals surface area contributed by atoms with Crippen LogP contribution in [0.5, 0.6) is 0 Å². The van der Waals surface area contributed by atoms with Crippen molar-refractivity contribution in [2.45, 2.75) is 102 Å². The SMILES string of the molecule is CC(C)[SiH](O[Si](OC[C@H]1O[C@@H](n2ccc(N)nc2=O)[C@H](O)C1O)(C(C)C)C(C)C)C(C)C. The highest BCUT2D eigenvalue weighted by molar-refractivity contribution is 6.78. The lowest BCUT2D eigenvalue weighted by atomic mass is 10.1. The normalized spacial score (nSPS) is 24.6. The number of ether oxygens (including phenoxy) is 1. The van der Waals surface area contributed by atoms with Gasteiger partial charge in [-0.15, -0.1) is 0 Å². The number of aliphatic hydroxyl groups is 2. The van der Waals surface area contributed by atoms with Gasteiger partial charge in [0, 0.05) is 6.20 Å². The Hall–Kier alpha value is -1.09. The molecule has 1 unspecified atom stereocenters. The molecule has 1 aliphatic heterocycles. The third-order valence-electron chi connectivity index (χ3n) is 6.18. The van der Waals surface area contributed by atoms with Gasteiger partial charge in [-0.3, -0.25) is 4.57 Å². The van der Waals surface area contributed by atoms with Gasteiger partial charge in [-0.1, -0.05) is 55.4 Å². The molecule has 0 saturated carbocycles.